The normalized spacial score (nSPS) is 9.94. The monoisotopic (exact) mass is 238 g/mol. The first-order valence-corrected chi connectivity index (χ1v) is 5.01. The van der Waals surface area contributed by atoms with Crippen molar-refractivity contribution >= 4 is 17.5 Å². The average Bonchev–Trinajstić information content (AvgIpc) is 2.27. The topological polar surface area (TPSA) is 71.4 Å². The van der Waals surface area contributed by atoms with E-state index < -0.39 is 23.4 Å². The first-order valence-electron chi connectivity index (χ1n) is 5.01. The molecule has 1 N–H and O–H groups in total. The van der Waals surface area contributed by atoms with Crippen LogP contribution in [-0.2, 0) is 9.59 Å². The Morgan fingerprint density at radius 2 is 1.65 bits per heavy atom. The van der Waals surface area contributed by atoms with Gasteiger partial charge in [0.05, 0.1) is 12.8 Å². The van der Waals surface area contributed by atoms with Crippen molar-refractivity contribution in [3.8, 4) is 0 Å². The van der Waals surface area contributed by atoms with Gasteiger partial charge in [0.2, 0.25) is 0 Å². The van der Waals surface area contributed by atoms with Gasteiger partial charge in [0.1, 0.15) is 11.6 Å². The Kier molecular flexibility index (Phi) is 4.51. The molecule has 0 aromatic heterocycles. The number of halogens is 1. The summed E-state index contributed by atoms with van der Waals surface area (Å²) in [6.45, 7) is 0. The van der Waals surface area contributed by atoms with E-state index in [2.05, 4.69) is 0 Å². The van der Waals surface area contributed by atoms with Gasteiger partial charge in [-0.1, -0.05) is 0 Å². The number of carbonyl (C=O) groups is 3. The SMILES string of the molecule is O=C(O)CCC(=O)CC(=O)c1ccc(F)cc1. The van der Waals surface area contributed by atoms with Gasteiger partial charge in [-0.2, -0.15) is 0 Å². The van der Waals surface area contributed by atoms with Crippen molar-refractivity contribution in [1.82, 2.24) is 0 Å². The predicted octanol–water partition coefficient (Wildman–Crippen LogP) is 1.83. The van der Waals surface area contributed by atoms with E-state index in [0.717, 1.165) is 12.1 Å². The van der Waals surface area contributed by atoms with Crippen molar-refractivity contribution in [2.45, 2.75) is 19.3 Å². The Hall–Kier alpha value is -2.04. The van der Waals surface area contributed by atoms with Gasteiger partial charge in [-0.15, -0.1) is 0 Å². The van der Waals surface area contributed by atoms with Gasteiger partial charge in [0, 0.05) is 12.0 Å². The summed E-state index contributed by atoms with van der Waals surface area (Å²) in [5, 5.41) is 8.37. The van der Waals surface area contributed by atoms with Gasteiger partial charge in [0.15, 0.2) is 5.78 Å². The number of Topliss-reactive ketones (excluding diaryl/α,β-unsaturated/α-hetero) is 2. The molecule has 1 rings (SSSR count). The molecular weight excluding hydrogens is 227 g/mol. The first kappa shape index (κ1) is 13.0. The van der Waals surface area contributed by atoms with Crippen molar-refractivity contribution in [3.63, 3.8) is 0 Å². The lowest BCUT2D eigenvalue weighted by Crippen LogP contribution is -2.10. The van der Waals surface area contributed by atoms with Crippen molar-refractivity contribution in [3.05, 3.63) is 35.6 Å². The lowest BCUT2D eigenvalue weighted by atomic mass is 10.0. The highest BCUT2D eigenvalue weighted by atomic mass is 19.1. The number of carboxylic acid groups (broad SMARTS) is 1. The fourth-order valence-electron chi connectivity index (χ4n) is 1.25. The van der Waals surface area contributed by atoms with E-state index in [0.29, 0.717) is 0 Å². The number of benzene rings is 1. The zero-order chi connectivity index (χ0) is 12.8. The first-order chi connectivity index (χ1) is 7.99. The molecular formula is C12H11FO4. The summed E-state index contributed by atoms with van der Waals surface area (Å²) in [6, 6.07) is 4.86. The highest BCUT2D eigenvalue weighted by Gasteiger charge is 2.12. The zero-order valence-corrected chi connectivity index (χ0v) is 8.98. The molecule has 0 aliphatic heterocycles. The van der Waals surface area contributed by atoms with Crippen LogP contribution in [0.25, 0.3) is 0 Å². The number of carbonyl (C=O) groups excluding carboxylic acids is 2. The lowest BCUT2D eigenvalue weighted by Gasteiger charge is -2.00. The molecule has 0 amide bonds. The molecule has 0 atom stereocenters. The Bertz CT molecular complexity index is 436. The van der Waals surface area contributed by atoms with Crippen LogP contribution < -0.4 is 0 Å². The number of rotatable bonds is 6. The third-order valence-corrected chi connectivity index (χ3v) is 2.14. The molecule has 1 aromatic rings. The van der Waals surface area contributed by atoms with Gasteiger partial charge >= 0.3 is 5.97 Å². The minimum atomic E-state index is -1.08. The maximum Gasteiger partial charge on any atom is 0.303 e. The molecule has 5 heteroatoms. The van der Waals surface area contributed by atoms with Crippen molar-refractivity contribution in [2.24, 2.45) is 0 Å². The molecule has 0 bridgehead atoms. The fourth-order valence-corrected chi connectivity index (χ4v) is 1.25. The molecule has 90 valence electrons. The third-order valence-electron chi connectivity index (χ3n) is 2.14. The van der Waals surface area contributed by atoms with Gasteiger partial charge in [-0.3, -0.25) is 14.4 Å². The van der Waals surface area contributed by atoms with Crippen LogP contribution in [0.15, 0.2) is 24.3 Å². The number of hydrogen-bond acceptors (Lipinski definition) is 3. The number of ketones is 2. The molecule has 0 aliphatic carbocycles. The standard InChI is InChI=1S/C12H11FO4/c13-9-3-1-8(2-4-9)11(15)7-10(14)5-6-12(16)17/h1-4H,5-7H2,(H,16,17). The summed E-state index contributed by atoms with van der Waals surface area (Å²) in [7, 11) is 0. The van der Waals surface area contributed by atoms with Crippen LogP contribution in [-0.4, -0.2) is 22.6 Å². The minimum Gasteiger partial charge on any atom is -0.481 e. The maximum absolute atomic E-state index is 12.6. The minimum absolute atomic E-state index is 0.164. The summed E-state index contributed by atoms with van der Waals surface area (Å²) < 4.78 is 12.6. The summed E-state index contributed by atoms with van der Waals surface area (Å²) >= 11 is 0. The van der Waals surface area contributed by atoms with Crippen LogP contribution in [0.5, 0.6) is 0 Å². The second-order valence-electron chi connectivity index (χ2n) is 3.54. The van der Waals surface area contributed by atoms with Crippen LogP contribution in [0.2, 0.25) is 0 Å². The highest BCUT2D eigenvalue weighted by molar-refractivity contribution is 6.08. The van der Waals surface area contributed by atoms with E-state index in [1.54, 1.807) is 0 Å². The van der Waals surface area contributed by atoms with Crippen LogP contribution in [0.1, 0.15) is 29.6 Å². The predicted molar refractivity (Wildman–Crippen MR) is 57.2 cm³/mol. The van der Waals surface area contributed by atoms with Crippen molar-refractivity contribution < 1.29 is 23.9 Å². The molecule has 0 heterocycles. The Labute approximate surface area is 97.1 Å². The molecule has 17 heavy (non-hydrogen) atoms. The van der Waals surface area contributed by atoms with Gasteiger partial charge in [0.25, 0.3) is 0 Å². The Morgan fingerprint density at radius 1 is 1.06 bits per heavy atom. The van der Waals surface area contributed by atoms with E-state index in [4.69, 9.17) is 5.11 Å². The van der Waals surface area contributed by atoms with E-state index in [1.165, 1.54) is 12.1 Å². The van der Waals surface area contributed by atoms with Gasteiger partial charge in [-0.25, -0.2) is 4.39 Å². The molecule has 0 spiro atoms. The molecule has 0 unspecified atom stereocenters. The average molecular weight is 238 g/mol. The summed E-state index contributed by atoms with van der Waals surface area (Å²) in [5.41, 5.74) is 0.245. The van der Waals surface area contributed by atoms with Gasteiger partial charge < -0.3 is 5.11 Å². The number of aliphatic carboxylic acids is 1. The maximum atomic E-state index is 12.6. The van der Waals surface area contributed by atoms with Crippen molar-refractivity contribution in [1.29, 1.82) is 0 Å². The molecule has 0 radical (unpaired) electrons. The second-order valence-corrected chi connectivity index (χ2v) is 3.54. The lowest BCUT2D eigenvalue weighted by molar-refractivity contribution is -0.138. The summed E-state index contributed by atoms with van der Waals surface area (Å²) in [5.74, 6) is -2.39. The number of hydrogen-bond donors (Lipinski definition) is 1. The van der Waals surface area contributed by atoms with E-state index in [1.807, 2.05) is 0 Å². The largest absolute Gasteiger partial charge is 0.481 e. The Balaban J connectivity index is 2.51. The Morgan fingerprint density at radius 3 is 2.18 bits per heavy atom. The van der Waals surface area contributed by atoms with E-state index >= 15 is 0 Å². The van der Waals surface area contributed by atoms with Crippen LogP contribution in [0.4, 0.5) is 4.39 Å². The molecule has 0 saturated heterocycles. The van der Waals surface area contributed by atoms with Crippen LogP contribution in [0, 0.1) is 5.82 Å². The second kappa shape index (κ2) is 5.89. The van der Waals surface area contributed by atoms with Crippen LogP contribution >= 0.6 is 0 Å². The van der Waals surface area contributed by atoms with E-state index in [9.17, 15) is 18.8 Å². The molecule has 4 nitrogen and oxygen atoms in total. The smallest absolute Gasteiger partial charge is 0.303 e. The highest BCUT2D eigenvalue weighted by Crippen LogP contribution is 2.07. The quantitative estimate of drug-likeness (QED) is 0.606. The summed E-state index contributed by atoms with van der Waals surface area (Å²) in [6.07, 6.45) is -0.795. The zero-order valence-electron chi connectivity index (χ0n) is 8.98. The fraction of sp³-hybridized carbons (Fsp3) is 0.250. The van der Waals surface area contributed by atoms with Gasteiger partial charge in [-0.05, 0) is 24.3 Å². The molecule has 0 aliphatic rings. The molecule has 1 aromatic carbocycles. The van der Waals surface area contributed by atoms with Crippen LogP contribution in [0.3, 0.4) is 0 Å². The van der Waals surface area contributed by atoms with Crippen molar-refractivity contribution in [2.75, 3.05) is 0 Å². The van der Waals surface area contributed by atoms with E-state index in [-0.39, 0.29) is 24.8 Å². The number of carboxylic acids is 1. The third kappa shape index (κ3) is 4.55. The molecule has 0 fully saturated rings. The molecule has 0 saturated carbocycles. The summed E-state index contributed by atoms with van der Waals surface area (Å²) in [4.78, 5) is 33.0.